The molecule has 0 heterocycles. The zero-order valence-electron chi connectivity index (χ0n) is 11.3. The first-order valence-electron chi connectivity index (χ1n) is 6.73. The number of nitriles is 1. The van der Waals surface area contributed by atoms with Gasteiger partial charge in [0.15, 0.2) is 0 Å². The average Bonchev–Trinajstić information content (AvgIpc) is 2.98. The Kier molecular flexibility index (Phi) is 5.49. The molecule has 0 aliphatic heterocycles. The molecule has 1 aliphatic rings. The summed E-state index contributed by atoms with van der Waals surface area (Å²) in [6, 6.07) is 7.17. The molecule has 0 atom stereocenters. The van der Waals surface area contributed by atoms with E-state index in [4.69, 9.17) is 28.5 Å². The van der Waals surface area contributed by atoms with E-state index in [2.05, 4.69) is 10.6 Å². The summed E-state index contributed by atoms with van der Waals surface area (Å²) in [7, 11) is 0. The van der Waals surface area contributed by atoms with E-state index in [0.29, 0.717) is 16.8 Å². The maximum atomic E-state index is 12.1. The molecule has 0 bridgehead atoms. The quantitative estimate of drug-likeness (QED) is 0.653. The number of nitrogens with zero attached hydrogens (tertiary/aromatic N) is 1. The van der Waals surface area contributed by atoms with Crippen LogP contribution < -0.4 is 10.6 Å². The molecule has 1 aromatic rings. The lowest BCUT2D eigenvalue weighted by molar-refractivity contribution is -0.112. The van der Waals surface area contributed by atoms with Crippen LogP contribution in [0.3, 0.4) is 0 Å². The lowest BCUT2D eigenvalue weighted by Gasteiger charge is -2.10. The number of hydrogen-bond acceptors (Lipinski definition) is 3. The standard InChI is InChI=1S/C15H15Cl2N3O/c16-12-6-3-7-13(14(12)17)20-15(21)10(8-18)9-19-11-4-1-2-5-11/h3,6-7,9,11,19H,1-2,4-5H2,(H,20,21)/b10-9-. The van der Waals surface area contributed by atoms with Gasteiger partial charge < -0.3 is 10.6 Å². The lowest BCUT2D eigenvalue weighted by Crippen LogP contribution is -2.23. The predicted octanol–water partition coefficient (Wildman–Crippen LogP) is 3.87. The third-order valence-electron chi connectivity index (χ3n) is 3.38. The van der Waals surface area contributed by atoms with Crippen LogP contribution in [0.15, 0.2) is 30.0 Å². The van der Waals surface area contributed by atoms with Gasteiger partial charge in [0.25, 0.3) is 5.91 Å². The summed E-state index contributed by atoms with van der Waals surface area (Å²) in [5.74, 6) is -0.507. The van der Waals surface area contributed by atoms with Gasteiger partial charge in [-0.3, -0.25) is 4.79 Å². The van der Waals surface area contributed by atoms with Crippen LogP contribution in [0, 0.1) is 11.3 Å². The fraction of sp³-hybridized carbons (Fsp3) is 0.333. The molecule has 0 aromatic heterocycles. The maximum absolute atomic E-state index is 12.1. The second-order valence-electron chi connectivity index (χ2n) is 4.87. The summed E-state index contributed by atoms with van der Waals surface area (Å²) in [5.41, 5.74) is 0.397. The molecule has 0 unspecified atom stereocenters. The van der Waals surface area contributed by atoms with Crippen molar-refractivity contribution in [1.29, 1.82) is 5.26 Å². The minimum Gasteiger partial charge on any atom is -0.387 e. The van der Waals surface area contributed by atoms with Crippen molar-refractivity contribution in [3.05, 3.63) is 40.0 Å². The number of halogens is 2. The monoisotopic (exact) mass is 323 g/mol. The molecule has 1 saturated carbocycles. The highest BCUT2D eigenvalue weighted by atomic mass is 35.5. The Morgan fingerprint density at radius 1 is 1.33 bits per heavy atom. The van der Waals surface area contributed by atoms with E-state index < -0.39 is 5.91 Å². The van der Waals surface area contributed by atoms with Crippen molar-refractivity contribution < 1.29 is 4.79 Å². The van der Waals surface area contributed by atoms with Crippen molar-refractivity contribution in [2.45, 2.75) is 31.7 Å². The number of anilines is 1. The Morgan fingerprint density at radius 3 is 2.71 bits per heavy atom. The van der Waals surface area contributed by atoms with Gasteiger partial charge in [0.2, 0.25) is 0 Å². The topological polar surface area (TPSA) is 64.9 Å². The molecule has 6 heteroatoms. The van der Waals surface area contributed by atoms with Gasteiger partial charge in [-0.1, -0.05) is 42.1 Å². The fourth-order valence-corrected chi connectivity index (χ4v) is 2.58. The van der Waals surface area contributed by atoms with Crippen molar-refractivity contribution >= 4 is 34.8 Å². The zero-order valence-corrected chi connectivity index (χ0v) is 12.8. The minimum atomic E-state index is -0.507. The van der Waals surface area contributed by atoms with E-state index >= 15 is 0 Å². The number of rotatable bonds is 4. The summed E-state index contributed by atoms with van der Waals surface area (Å²) in [6.45, 7) is 0. The smallest absolute Gasteiger partial charge is 0.267 e. The van der Waals surface area contributed by atoms with Crippen molar-refractivity contribution in [2.75, 3.05) is 5.32 Å². The van der Waals surface area contributed by atoms with Crippen molar-refractivity contribution in [2.24, 2.45) is 0 Å². The third-order valence-corrected chi connectivity index (χ3v) is 4.20. The first kappa shape index (κ1) is 15.7. The first-order chi connectivity index (χ1) is 10.1. The molecule has 1 amide bonds. The van der Waals surface area contributed by atoms with E-state index in [1.54, 1.807) is 18.2 Å². The Balaban J connectivity index is 2.04. The Morgan fingerprint density at radius 2 is 2.05 bits per heavy atom. The molecule has 21 heavy (non-hydrogen) atoms. The van der Waals surface area contributed by atoms with Crippen molar-refractivity contribution in [1.82, 2.24) is 5.32 Å². The second-order valence-corrected chi connectivity index (χ2v) is 5.66. The van der Waals surface area contributed by atoms with Crippen molar-refractivity contribution in [3.63, 3.8) is 0 Å². The molecule has 0 radical (unpaired) electrons. The van der Waals surface area contributed by atoms with Gasteiger partial charge in [-0.2, -0.15) is 5.26 Å². The molecule has 2 N–H and O–H groups in total. The first-order valence-corrected chi connectivity index (χ1v) is 7.49. The highest BCUT2D eigenvalue weighted by molar-refractivity contribution is 6.44. The number of carbonyl (C=O) groups is 1. The molecular weight excluding hydrogens is 309 g/mol. The van der Waals surface area contributed by atoms with Crippen LogP contribution in [0.2, 0.25) is 10.0 Å². The Hall–Kier alpha value is -1.70. The summed E-state index contributed by atoms with van der Waals surface area (Å²) >= 11 is 11.9. The highest BCUT2D eigenvalue weighted by Gasteiger charge is 2.16. The van der Waals surface area contributed by atoms with Crippen LogP contribution in [0.1, 0.15) is 25.7 Å². The average molecular weight is 324 g/mol. The fourth-order valence-electron chi connectivity index (χ4n) is 2.23. The molecule has 1 aliphatic carbocycles. The molecule has 0 saturated heterocycles. The molecule has 1 fully saturated rings. The van der Waals surface area contributed by atoms with Crippen LogP contribution >= 0.6 is 23.2 Å². The number of carbonyl (C=O) groups excluding carboxylic acids is 1. The van der Waals surface area contributed by atoms with Crippen LogP contribution in [-0.2, 0) is 4.79 Å². The van der Waals surface area contributed by atoms with Gasteiger partial charge in [-0.05, 0) is 25.0 Å². The summed E-state index contributed by atoms with van der Waals surface area (Å²) in [5, 5.41) is 15.4. The number of hydrogen-bond donors (Lipinski definition) is 2. The van der Waals surface area contributed by atoms with Gasteiger partial charge in [-0.25, -0.2) is 0 Å². The molecule has 2 rings (SSSR count). The van der Waals surface area contributed by atoms with Crippen LogP contribution in [0.5, 0.6) is 0 Å². The normalized spacial score (nSPS) is 15.6. The van der Waals surface area contributed by atoms with Crippen LogP contribution in [-0.4, -0.2) is 11.9 Å². The van der Waals surface area contributed by atoms with Crippen LogP contribution in [0.25, 0.3) is 0 Å². The van der Waals surface area contributed by atoms with Crippen molar-refractivity contribution in [3.8, 4) is 6.07 Å². The molecule has 1 aromatic carbocycles. The van der Waals surface area contributed by atoms with E-state index in [0.717, 1.165) is 12.8 Å². The zero-order chi connectivity index (χ0) is 15.2. The molecule has 4 nitrogen and oxygen atoms in total. The van der Waals surface area contributed by atoms with Gasteiger partial charge >= 0.3 is 0 Å². The molecule has 110 valence electrons. The summed E-state index contributed by atoms with van der Waals surface area (Å²) < 4.78 is 0. The third kappa shape index (κ3) is 4.13. The Bertz CT molecular complexity index is 601. The van der Waals surface area contributed by atoms with E-state index in [9.17, 15) is 4.79 Å². The van der Waals surface area contributed by atoms with E-state index in [-0.39, 0.29) is 10.6 Å². The minimum absolute atomic E-state index is 0.0120. The lowest BCUT2D eigenvalue weighted by atomic mass is 10.2. The number of nitrogens with one attached hydrogen (secondary N) is 2. The van der Waals surface area contributed by atoms with E-state index in [1.807, 2.05) is 6.07 Å². The highest BCUT2D eigenvalue weighted by Crippen LogP contribution is 2.29. The van der Waals surface area contributed by atoms with Gasteiger partial charge in [-0.15, -0.1) is 0 Å². The van der Waals surface area contributed by atoms with E-state index in [1.165, 1.54) is 19.0 Å². The number of benzene rings is 1. The molecular formula is C15H15Cl2N3O. The molecule has 0 spiro atoms. The largest absolute Gasteiger partial charge is 0.387 e. The second kappa shape index (κ2) is 7.35. The van der Waals surface area contributed by atoms with Crippen LogP contribution in [0.4, 0.5) is 5.69 Å². The number of amides is 1. The SMILES string of the molecule is N#C/C(=C/NC1CCCC1)C(=O)Nc1cccc(Cl)c1Cl. The Labute approximate surface area is 133 Å². The van der Waals surface area contributed by atoms with Gasteiger partial charge in [0.1, 0.15) is 11.6 Å². The van der Waals surface area contributed by atoms with Gasteiger partial charge in [0, 0.05) is 12.2 Å². The maximum Gasteiger partial charge on any atom is 0.267 e. The summed E-state index contributed by atoms with van der Waals surface area (Å²) in [6.07, 6.45) is 5.97. The van der Waals surface area contributed by atoms with Gasteiger partial charge in [0.05, 0.1) is 15.7 Å². The summed E-state index contributed by atoms with van der Waals surface area (Å²) in [4.78, 5) is 12.1. The predicted molar refractivity (Wildman–Crippen MR) is 84.2 cm³/mol.